The molecule has 1 amide bonds. The largest absolute Gasteiger partial charge is 0.481 e. The van der Waals surface area contributed by atoms with Crippen molar-refractivity contribution in [3.05, 3.63) is 0 Å². The van der Waals surface area contributed by atoms with Crippen molar-refractivity contribution in [1.82, 2.24) is 5.32 Å². The van der Waals surface area contributed by atoms with Crippen molar-refractivity contribution in [2.45, 2.75) is 161 Å². The average Bonchev–Trinajstić information content (AvgIpc) is 3.12. The van der Waals surface area contributed by atoms with E-state index in [9.17, 15) is 19.2 Å². The van der Waals surface area contributed by atoms with Gasteiger partial charge in [-0.15, -0.1) is 0 Å². The van der Waals surface area contributed by atoms with Crippen LogP contribution in [0.25, 0.3) is 0 Å². The third-order valence-corrected chi connectivity index (χ3v) is 9.59. The number of aliphatic carboxylic acids is 1. The summed E-state index contributed by atoms with van der Waals surface area (Å²) in [5.41, 5.74) is 6.10. The summed E-state index contributed by atoms with van der Waals surface area (Å²) in [4.78, 5) is 48.0. The first kappa shape index (κ1) is 50.1. The lowest BCUT2D eigenvalue weighted by molar-refractivity contribution is -0.157. The molecule has 0 bridgehead atoms. The molecule has 0 unspecified atom stereocenters. The van der Waals surface area contributed by atoms with Crippen LogP contribution in [0.2, 0.25) is 0 Å². The van der Waals surface area contributed by atoms with Gasteiger partial charge in [0.25, 0.3) is 0 Å². The molecule has 0 aromatic rings. The Morgan fingerprint density at radius 2 is 1.06 bits per heavy atom. The molecule has 0 spiro atoms. The topological polar surface area (TPSA) is 173 Å². The van der Waals surface area contributed by atoms with Crippen molar-refractivity contribution in [1.29, 1.82) is 0 Å². The molecule has 0 aromatic carbocycles. The van der Waals surface area contributed by atoms with Gasteiger partial charge in [0, 0.05) is 30.9 Å². The van der Waals surface area contributed by atoms with Gasteiger partial charge in [-0.1, -0.05) is 117 Å². The van der Waals surface area contributed by atoms with E-state index in [0.29, 0.717) is 63.9 Å². The summed E-state index contributed by atoms with van der Waals surface area (Å²) in [6, 6.07) is -0.762. The normalized spacial score (nSPS) is 12.4. The molecular weight excluding hydrogens is 688 g/mol. The lowest BCUT2D eigenvalue weighted by Gasteiger charge is -2.19. The van der Waals surface area contributed by atoms with Crippen LogP contribution in [0.15, 0.2) is 0 Å². The number of rotatable bonds is 40. The van der Waals surface area contributed by atoms with Crippen LogP contribution >= 0.6 is 11.8 Å². The first-order valence-corrected chi connectivity index (χ1v) is 21.4. The minimum atomic E-state index is -0.902. The van der Waals surface area contributed by atoms with Gasteiger partial charge in [-0.05, 0) is 12.8 Å². The Morgan fingerprint density at radius 1 is 0.596 bits per heavy atom. The van der Waals surface area contributed by atoms with E-state index in [2.05, 4.69) is 19.2 Å². The lowest BCUT2D eigenvalue weighted by atomic mass is 10.1. The summed E-state index contributed by atoms with van der Waals surface area (Å²) < 4.78 is 27.2. The van der Waals surface area contributed by atoms with Crippen LogP contribution in [0.1, 0.15) is 149 Å². The molecule has 0 aliphatic carbocycles. The number of esters is 2. The zero-order chi connectivity index (χ0) is 38.3. The number of nitrogens with one attached hydrogen (secondary N) is 1. The minimum absolute atomic E-state index is 0.00695. The number of hydrogen-bond donors (Lipinski definition) is 3. The Kier molecular flexibility index (Phi) is 37.3. The molecule has 0 rings (SSSR count). The third-order valence-electron chi connectivity index (χ3n) is 8.39. The summed E-state index contributed by atoms with van der Waals surface area (Å²) in [5.74, 6) is -1.10. The molecule has 0 aromatic heterocycles. The quantitative estimate of drug-likeness (QED) is 0.0432. The van der Waals surface area contributed by atoms with Crippen LogP contribution in [-0.4, -0.2) is 105 Å². The number of nitrogens with two attached hydrogens (primary N) is 1. The Hall–Kier alpha value is -1.93. The number of unbranched alkanes of at least 4 members (excludes halogenated alkanes) is 16. The van der Waals surface area contributed by atoms with E-state index >= 15 is 0 Å². The number of hydrogen-bond acceptors (Lipinski definition) is 11. The fraction of sp³-hybridized carbons (Fsp3) is 0.897. The Balaban J connectivity index is 4.38. The van der Waals surface area contributed by atoms with Gasteiger partial charge in [0.1, 0.15) is 12.7 Å². The van der Waals surface area contributed by atoms with E-state index in [-0.39, 0.29) is 37.5 Å². The Bertz CT molecular complexity index is 867. The highest BCUT2D eigenvalue weighted by Gasteiger charge is 2.20. The van der Waals surface area contributed by atoms with Gasteiger partial charge in [0.15, 0.2) is 0 Å². The molecule has 2 atom stereocenters. The molecule has 0 radical (unpaired) electrons. The van der Waals surface area contributed by atoms with Crippen molar-refractivity contribution in [3.8, 4) is 0 Å². The maximum Gasteiger partial charge on any atom is 0.306 e. The van der Waals surface area contributed by atoms with Crippen molar-refractivity contribution >= 4 is 35.6 Å². The fourth-order valence-electron chi connectivity index (χ4n) is 5.26. The van der Waals surface area contributed by atoms with Crippen LogP contribution in [0.3, 0.4) is 0 Å². The second-order valence-electron chi connectivity index (χ2n) is 13.4. The fourth-order valence-corrected chi connectivity index (χ4v) is 6.23. The maximum absolute atomic E-state index is 12.7. The maximum atomic E-state index is 12.7. The smallest absolute Gasteiger partial charge is 0.306 e. The van der Waals surface area contributed by atoms with Crippen LogP contribution in [-0.2, 0) is 42.9 Å². The van der Waals surface area contributed by atoms with Crippen LogP contribution < -0.4 is 11.1 Å². The number of thioether (sulfide) groups is 1. The number of ether oxygens (including phenoxy) is 5. The zero-order valence-electron chi connectivity index (χ0n) is 32.7. The molecule has 4 N–H and O–H groups in total. The molecule has 12 nitrogen and oxygen atoms in total. The predicted molar refractivity (Wildman–Crippen MR) is 208 cm³/mol. The standard InChI is InChI=1S/C39H74N2O10S/c1-3-5-7-9-11-13-15-17-19-21-37(44)50-31-34(51-38(45)22-20-18-16-14-12-10-8-6-4-2)32-52-33-35(40)39(46)41-24-26-48-28-30-49-29-27-47-25-23-36(42)43/h34-35H,3-33,40H2,1-2H3,(H,41,46)(H,42,43)/t34-,35-/m1/s1. The molecule has 0 fully saturated rings. The number of carboxylic acid groups (broad SMARTS) is 1. The monoisotopic (exact) mass is 763 g/mol. The molecule has 0 saturated carbocycles. The predicted octanol–water partition coefficient (Wildman–Crippen LogP) is 6.98. The SMILES string of the molecule is CCCCCCCCCCCC(=O)OC[C@H](CSC[C@@H](N)C(=O)NCCOCCOCCOCCC(=O)O)OC(=O)CCCCCCCCCCC. The molecule has 0 aliphatic rings. The van der Waals surface area contributed by atoms with Crippen molar-refractivity contribution in [2.24, 2.45) is 5.73 Å². The Morgan fingerprint density at radius 3 is 1.58 bits per heavy atom. The van der Waals surface area contributed by atoms with E-state index in [0.717, 1.165) is 38.5 Å². The first-order chi connectivity index (χ1) is 25.3. The van der Waals surface area contributed by atoms with Gasteiger partial charge in [-0.2, -0.15) is 11.8 Å². The minimum Gasteiger partial charge on any atom is -0.481 e. The van der Waals surface area contributed by atoms with Crippen LogP contribution in [0, 0.1) is 0 Å². The van der Waals surface area contributed by atoms with Crippen LogP contribution in [0.5, 0.6) is 0 Å². The number of carbonyl (C=O) groups excluding carboxylic acids is 3. The summed E-state index contributed by atoms with van der Waals surface area (Å²) in [7, 11) is 0. The first-order valence-electron chi connectivity index (χ1n) is 20.2. The van der Waals surface area contributed by atoms with Gasteiger partial charge < -0.3 is 39.8 Å². The zero-order valence-corrected chi connectivity index (χ0v) is 33.5. The molecule has 13 heteroatoms. The Labute approximate surface area is 319 Å². The molecular formula is C39H74N2O10S. The van der Waals surface area contributed by atoms with Crippen molar-refractivity contribution in [3.63, 3.8) is 0 Å². The van der Waals surface area contributed by atoms with E-state index in [1.807, 2.05) is 0 Å². The summed E-state index contributed by atoms with van der Waals surface area (Å²) in [6.45, 7) is 6.52. The van der Waals surface area contributed by atoms with Gasteiger partial charge in [0.05, 0.1) is 52.1 Å². The molecule has 306 valence electrons. The summed E-state index contributed by atoms with van der Waals surface area (Å²) >= 11 is 1.39. The average molecular weight is 763 g/mol. The highest BCUT2D eigenvalue weighted by molar-refractivity contribution is 7.99. The second kappa shape index (κ2) is 38.8. The number of carbonyl (C=O) groups is 4. The molecule has 0 heterocycles. The van der Waals surface area contributed by atoms with Gasteiger partial charge in [-0.25, -0.2) is 0 Å². The number of amides is 1. The molecule has 0 aliphatic heterocycles. The van der Waals surface area contributed by atoms with Gasteiger partial charge >= 0.3 is 17.9 Å². The molecule has 0 saturated heterocycles. The molecule has 52 heavy (non-hydrogen) atoms. The van der Waals surface area contributed by atoms with Crippen LogP contribution in [0.4, 0.5) is 0 Å². The highest BCUT2D eigenvalue weighted by Crippen LogP contribution is 2.14. The second-order valence-corrected chi connectivity index (χ2v) is 14.4. The van der Waals surface area contributed by atoms with E-state index in [4.69, 9.17) is 34.5 Å². The summed E-state index contributed by atoms with van der Waals surface area (Å²) in [5, 5.41) is 11.3. The van der Waals surface area contributed by atoms with E-state index in [1.165, 1.54) is 88.8 Å². The summed E-state index contributed by atoms with van der Waals surface area (Å²) in [6.07, 6.45) is 21.0. The van der Waals surface area contributed by atoms with E-state index in [1.54, 1.807) is 0 Å². The highest BCUT2D eigenvalue weighted by atomic mass is 32.2. The van der Waals surface area contributed by atoms with Crippen molar-refractivity contribution < 1.29 is 48.0 Å². The lowest BCUT2D eigenvalue weighted by Crippen LogP contribution is -2.43. The van der Waals surface area contributed by atoms with Crippen molar-refractivity contribution in [2.75, 3.05) is 64.3 Å². The van der Waals surface area contributed by atoms with Gasteiger partial charge in [-0.3, -0.25) is 19.2 Å². The third kappa shape index (κ3) is 36.4. The van der Waals surface area contributed by atoms with Gasteiger partial charge in [0.2, 0.25) is 5.91 Å². The van der Waals surface area contributed by atoms with E-state index < -0.39 is 18.1 Å². The number of carboxylic acids is 1.